The van der Waals surface area contributed by atoms with Gasteiger partial charge in [0.1, 0.15) is 12.2 Å². The standard InChI is InChI=1S/C5H9NO6/c7-1-2(8)3(9)4(10)5(11)6-12/h2-4,7-10H,1H2/t2-,3-,4+/m1/s1. The Hall–Kier alpha value is -0.890. The fraction of sp³-hybridized carbons (Fsp3) is 0.800. The zero-order valence-corrected chi connectivity index (χ0v) is 5.99. The van der Waals surface area contributed by atoms with Crippen LogP contribution < -0.4 is 0 Å². The lowest BCUT2D eigenvalue weighted by Gasteiger charge is -2.17. The maximum Gasteiger partial charge on any atom is 0.317 e. The van der Waals surface area contributed by atoms with Gasteiger partial charge in [-0.15, -0.1) is 4.91 Å². The molecule has 12 heavy (non-hydrogen) atoms. The molecule has 0 saturated carbocycles. The van der Waals surface area contributed by atoms with Crippen molar-refractivity contribution in [3.63, 3.8) is 0 Å². The van der Waals surface area contributed by atoms with E-state index >= 15 is 0 Å². The van der Waals surface area contributed by atoms with Gasteiger partial charge >= 0.3 is 5.91 Å². The molecule has 0 fully saturated rings. The summed E-state index contributed by atoms with van der Waals surface area (Å²) in [6.07, 6.45) is -5.67. The maximum absolute atomic E-state index is 10.3. The molecule has 0 heterocycles. The third kappa shape index (κ3) is 2.62. The van der Waals surface area contributed by atoms with Crippen LogP contribution in [0.1, 0.15) is 0 Å². The quantitative estimate of drug-likeness (QED) is 0.349. The van der Waals surface area contributed by atoms with Crippen LogP contribution in [0, 0.1) is 4.91 Å². The molecular formula is C5H9NO6. The van der Waals surface area contributed by atoms with Crippen molar-refractivity contribution >= 4 is 5.91 Å². The summed E-state index contributed by atoms with van der Waals surface area (Å²) in [7, 11) is 0. The van der Waals surface area contributed by atoms with E-state index in [1.54, 1.807) is 0 Å². The third-order valence-corrected chi connectivity index (χ3v) is 1.25. The van der Waals surface area contributed by atoms with E-state index in [-0.39, 0.29) is 0 Å². The Morgan fingerprint density at radius 3 is 2.17 bits per heavy atom. The molecule has 1 amide bonds. The molecule has 7 nitrogen and oxygen atoms in total. The van der Waals surface area contributed by atoms with E-state index in [9.17, 15) is 9.70 Å². The van der Waals surface area contributed by atoms with Crippen molar-refractivity contribution < 1.29 is 25.2 Å². The van der Waals surface area contributed by atoms with Gasteiger partial charge in [-0.1, -0.05) is 0 Å². The first-order valence-electron chi connectivity index (χ1n) is 3.06. The van der Waals surface area contributed by atoms with Crippen molar-refractivity contribution in [2.24, 2.45) is 5.18 Å². The Morgan fingerprint density at radius 1 is 1.33 bits per heavy atom. The molecule has 0 aromatic rings. The number of carbonyl (C=O) groups excluding carboxylic acids is 1. The van der Waals surface area contributed by atoms with Crippen molar-refractivity contribution in [2.75, 3.05) is 6.61 Å². The summed E-state index contributed by atoms with van der Waals surface area (Å²) in [5.41, 5.74) is 0. The second-order valence-corrected chi connectivity index (χ2v) is 2.11. The number of carbonyl (C=O) groups is 1. The van der Waals surface area contributed by atoms with Gasteiger partial charge in [0.05, 0.1) is 6.61 Å². The predicted octanol–water partition coefficient (Wildman–Crippen LogP) is -2.65. The Labute approximate surface area is 67.2 Å². The number of aliphatic hydroxyl groups is 4. The van der Waals surface area contributed by atoms with Gasteiger partial charge in [0, 0.05) is 5.18 Å². The number of nitrogens with zero attached hydrogens (tertiary/aromatic N) is 1. The smallest absolute Gasteiger partial charge is 0.317 e. The normalized spacial score (nSPS) is 18.0. The van der Waals surface area contributed by atoms with Crippen molar-refractivity contribution in [3.8, 4) is 0 Å². The van der Waals surface area contributed by atoms with Gasteiger partial charge in [-0.2, -0.15) is 0 Å². The summed E-state index contributed by atoms with van der Waals surface area (Å²) in [5.74, 6) is -1.49. The average molecular weight is 179 g/mol. The Morgan fingerprint density at radius 2 is 1.83 bits per heavy atom. The molecule has 0 spiro atoms. The van der Waals surface area contributed by atoms with Gasteiger partial charge in [-0.05, 0) is 0 Å². The van der Waals surface area contributed by atoms with Gasteiger partial charge in [0.25, 0.3) is 0 Å². The summed E-state index contributed by atoms with van der Waals surface area (Å²) in [5, 5.41) is 36.3. The van der Waals surface area contributed by atoms with Gasteiger partial charge < -0.3 is 20.4 Å². The number of hydrogen-bond donors (Lipinski definition) is 4. The molecule has 0 aliphatic heterocycles. The monoisotopic (exact) mass is 179 g/mol. The largest absolute Gasteiger partial charge is 0.394 e. The minimum atomic E-state index is -2.09. The first-order valence-corrected chi connectivity index (χ1v) is 3.06. The second kappa shape index (κ2) is 4.88. The minimum absolute atomic E-state index is 0.829. The van der Waals surface area contributed by atoms with Gasteiger partial charge in [-0.3, -0.25) is 4.79 Å². The van der Waals surface area contributed by atoms with Crippen molar-refractivity contribution in [1.82, 2.24) is 0 Å². The van der Waals surface area contributed by atoms with E-state index in [0.29, 0.717) is 0 Å². The van der Waals surface area contributed by atoms with E-state index in [1.807, 2.05) is 5.18 Å². The summed E-state index contributed by atoms with van der Waals surface area (Å²) in [4.78, 5) is 19.8. The van der Waals surface area contributed by atoms with Crippen LogP contribution in [0.5, 0.6) is 0 Å². The lowest BCUT2D eigenvalue weighted by Crippen LogP contribution is -2.43. The Kier molecular flexibility index (Phi) is 4.52. The molecule has 0 unspecified atom stereocenters. The summed E-state index contributed by atoms with van der Waals surface area (Å²) >= 11 is 0. The zero-order valence-electron chi connectivity index (χ0n) is 5.99. The maximum atomic E-state index is 10.3. The average Bonchev–Trinajstić information content (AvgIpc) is 2.12. The second-order valence-electron chi connectivity index (χ2n) is 2.11. The van der Waals surface area contributed by atoms with Crippen LogP contribution in [0.25, 0.3) is 0 Å². The predicted molar refractivity (Wildman–Crippen MR) is 35.9 cm³/mol. The molecule has 0 aromatic carbocycles. The lowest BCUT2D eigenvalue weighted by molar-refractivity contribution is -0.138. The SMILES string of the molecule is O=NC(=O)[C@@H](O)[C@H](O)[C@H](O)CO. The molecule has 0 aliphatic carbocycles. The highest BCUT2D eigenvalue weighted by molar-refractivity contribution is 5.81. The fourth-order valence-electron chi connectivity index (χ4n) is 0.518. The summed E-state index contributed by atoms with van der Waals surface area (Å²) in [6, 6.07) is 0. The van der Waals surface area contributed by atoms with Crippen LogP contribution >= 0.6 is 0 Å². The topological polar surface area (TPSA) is 127 Å². The van der Waals surface area contributed by atoms with Gasteiger partial charge in [-0.25, -0.2) is 0 Å². The Balaban J connectivity index is 4.17. The van der Waals surface area contributed by atoms with Crippen LogP contribution in [-0.4, -0.2) is 51.3 Å². The molecule has 0 aliphatic rings. The Bertz CT molecular complexity index is 171. The van der Waals surface area contributed by atoms with Gasteiger partial charge in [0.15, 0.2) is 6.10 Å². The van der Waals surface area contributed by atoms with Crippen LogP contribution in [-0.2, 0) is 4.79 Å². The van der Waals surface area contributed by atoms with Crippen LogP contribution in [0.15, 0.2) is 5.18 Å². The van der Waals surface area contributed by atoms with Gasteiger partial charge in [0.2, 0.25) is 0 Å². The molecule has 3 atom stereocenters. The lowest BCUT2D eigenvalue weighted by atomic mass is 10.1. The molecule has 0 rings (SSSR count). The third-order valence-electron chi connectivity index (χ3n) is 1.25. The number of aliphatic hydroxyl groups excluding tert-OH is 4. The number of amides is 1. The molecule has 7 heteroatoms. The highest BCUT2D eigenvalue weighted by atomic mass is 16.4. The van der Waals surface area contributed by atoms with Crippen molar-refractivity contribution in [3.05, 3.63) is 4.91 Å². The molecule has 0 aromatic heterocycles. The molecule has 0 bridgehead atoms. The minimum Gasteiger partial charge on any atom is -0.394 e. The zero-order chi connectivity index (χ0) is 9.72. The summed E-state index contributed by atoms with van der Waals surface area (Å²) in [6.45, 7) is -0.829. The number of hydrogen-bond acceptors (Lipinski definition) is 6. The number of nitroso groups, excluding NO2 is 1. The number of rotatable bonds is 4. The van der Waals surface area contributed by atoms with Crippen molar-refractivity contribution in [1.29, 1.82) is 0 Å². The van der Waals surface area contributed by atoms with Crippen LogP contribution in [0.4, 0.5) is 0 Å². The van der Waals surface area contributed by atoms with E-state index < -0.39 is 30.8 Å². The fourth-order valence-corrected chi connectivity index (χ4v) is 0.518. The van der Waals surface area contributed by atoms with Crippen molar-refractivity contribution in [2.45, 2.75) is 18.3 Å². The van der Waals surface area contributed by atoms with Crippen LogP contribution in [0.3, 0.4) is 0 Å². The molecule has 4 N–H and O–H groups in total. The molecule has 0 radical (unpaired) electrons. The first kappa shape index (κ1) is 11.1. The van der Waals surface area contributed by atoms with E-state index in [4.69, 9.17) is 20.4 Å². The van der Waals surface area contributed by atoms with E-state index in [0.717, 1.165) is 0 Å². The first-order chi connectivity index (χ1) is 5.54. The molecular weight excluding hydrogens is 170 g/mol. The highest BCUT2D eigenvalue weighted by Crippen LogP contribution is 2.01. The molecule has 70 valence electrons. The van der Waals surface area contributed by atoms with E-state index in [2.05, 4.69) is 0 Å². The van der Waals surface area contributed by atoms with Crippen LogP contribution in [0.2, 0.25) is 0 Å². The molecule has 0 saturated heterocycles. The summed E-state index contributed by atoms with van der Waals surface area (Å²) < 4.78 is 0. The van der Waals surface area contributed by atoms with E-state index in [1.165, 1.54) is 0 Å². The highest BCUT2D eigenvalue weighted by Gasteiger charge is 2.30.